The lowest BCUT2D eigenvalue weighted by Gasteiger charge is -2.57. The molecule has 0 amide bonds. The van der Waals surface area contributed by atoms with E-state index in [2.05, 4.69) is 46.9 Å². The van der Waals surface area contributed by atoms with Gasteiger partial charge < -0.3 is 9.80 Å². The van der Waals surface area contributed by atoms with E-state index in [0.717, 1.165) is 47.3 Å². The van der Waals surface area contributed by atoms with Gasteiger partial charge in [0.2, 0.25) is 0 Å². The van der Waals surface area contributed by atoms with Crippen molar-refractivity contribution in [2.75, 3.05) is 22.9 Å². The Morgan fingerprint density at radius 2 is 1.88 bits per heavy atom. The number of aryl methyl sites for hydroxylation is 2. The number of nitrogens with zero attached hydrogens (tertiary/aromatic N) is 7. The Morgan fingerprint density at radius 3 is 2.68 bits per heavy atom. The van der Waals surface area contributed by atoms with Crippen molar-refractivity contribution in [2.45, 2.75) is 32.4 Å². The van der Waals surface area contributed by atoms with Crippen LogP contribution in [0.25, 0.3) is 11.0 Å². The number of hydrogen-bond donors (Lipinski definition) is 0. The zero-order chi connectivity index (χ0) is 17.0. The Hall–Kier alpha value is -2.83. The first-order valence-electron chi connectivity index (χ1n) is 8.60. The van der Waals surface area contributed by atoms with Gasteiger partial charge in [0, 0.05) is 31.0 Å². The third-order valence-corrected chi connectivity index (χ3v) is 5.10. The number of aromatic nitrogens is 5. The highest BCUT2D eigenvalue weighted by Gasteiger charge is 2.46. The van der Waals surface area contributed by atoms with Gasteiger partial charge >= 0.3 is 0 Å². The molecule has 3 saturated heterocycles. The normalized spacial score (nSPS) is 22.2. The van der Waals surface area contributed by atoms with E-state index in [9.17, 15) is 0 Å². The fourth-order valence-corrected chi connectivity index (χ4v) is 4.09. The molecule has 0 aliphatic carbocycles. The van der Waals surface area contributed by atoms with E-state index in [0.29, 0.717) is 12.1 Å². The van der Waals surface area contributed by atoms with Gasteiger partial charge in [-0.15, -0.1) is 0 Å². The van der Waals surface area contributed by atoms with E-state index in [4.69, 9.17) is 0 Å². The Morgan fingerprint density at radius 1 is 1.04 bits per heavy atom. The molecule has 2 bridgehead atoms. The van der Waals surface area contributed by atoms with Gasteiger partial charge in [-0.25, -0.2) is 24.9 Å². The van der Waals surface area contributed by atoms with E-state index in [1.807, 2.05) is 19.9 Å². The summed E-state index contributed by atoms with van der Waals surface area (Å²) in [6, 6.07) is 6.98. The number of pyridine rings is 1. The number of piperazine rings is 1. The summed E-state index contributed by atoms with van der Waals surface area (Å²) in [5, 5.41) is 1.03. The standard InChI is InChI=1S/C18H19N7/c1-11-6-16(23-12(2)22-11)24-8-13-7-14(9-24)25(13)18-15-4-3-5-19-17(15)20-10-21-18/h3-6,10,13-14H,7-9H2,1-2H3. The number of fused-ring (bicyclic) bond motifs is 3. The molecule has 0 N–H and O–H groups in total. The van der Waals surface area contributed by atoms with Gasteiger partial charge in [0.1, 0.15) is 23.8 Å². The molecule has 6 heterocycles. The molecule has 25 heavy (non-hydrogen) atoms. The van der Waals surface area contributed by atoms with Gasteiger partial charge in [-0.3, -0.25) is 0 Å². The fourth-order valence-electron chi connectivity index (χ4n) is 4.09. The lowest BCUT2D eigenvalue weighted by atomic mass is 9.87. The van der Waals surface area contributed by atoms with Crippen molar-refractivity contribution in [2.24, 2.45) is 0 Å². The van der Waals surface area contributed by atoms with Gasteiger partial charge in [0.05, 0.1) is 17.5 Å². The van der Waals surface area contributed by atoms with Crippen LogP contribution in [-0.2, 0) is 0 Å². The van der Waals surface area contributed by atoms with Gasteiger partial charge in [-0.1, -0.05) is 0 Å². The van der Waals surface area contributed by atoms with Crippen LogP contribution in [0, 0.1) is 13.8 Å². The molecule has 7 nitrogen and oxygen atoms in total. The number of rotatable bonds is 2. The molecule has 3 aliphatic rings. The van der Waals surface area contributed by atoms with Gasteiger partial charge in [-0.05, 0) is 32.4 Å². The highest BCUT2D eigenvalue weighted by molar-refractivity contribution is 5.87. The zero-order valence-electron chi connectivity index (χ0n) is 14.3. The van der Waals surface area contributed by atoms with Crippen molar-refractivity contribution in [1.29, 1.82) is 0 Å². The third kappa shape index (κ3) is 2.30. The summed E-state index contributed by atoms with van der Waals surface area (Å²) in [5.41, 5.74) is 1.78. The highest BCUT2D eigenvalue weighted by atomic mass is 15.4. The summed E-state index contributed by atoms with van der Waals surface area (Å²) in [6.45, 7) is 5.89. The fraction of sp³-hybridized carbons (Fsp3) is 0.389. The van der Waals surface area contributed by atoms with Crippen LogP contribution in [0.4, 0.5) is 11.6 Å². The minimum atomic E-state index is 0.452. The predicted molar refractivity (Wildman–Crippen MR) is 95.7 cm³/mol. The second-order valence-electron chi connectivity index (χ2n) is 6.84. The van der Waals surface area contributed by atoms with Gasteiger partial charge in [0.15, 0.2) is 5.65 Å². The Labute approximate surface area is 145 Å². The van der Waals surface area contributed by atoms with E-state index in [-0.39, 0.29) is 0 Å². The zero-order valence-corrected chi connectivity index (χ0v) is 14.3. The maximum Gasteiger partial charge on any atom is 0.164 e. The molecule has 2 unspecified atom stereocenters. The summed E-state index contributed by atoms with van der Waals surface area (Å²) < 4.78 is 0. The number of piperidine rings is 1. The summed E-state index contributed by atoms with van der Waals surface area (Å²) in [7, 11) is 0. The molecular weight excluding hydrogens is 314 g/mol. The van der Waals surface area contributed by atoms with Crippen molar-refractivity contribution in [3.8, 4) is 0 Å². The predicted octanol–water partition coefficient (Wildman–Crippen LogP) is 1.90. The quantitative estimate of drug-likeness (QED) is 0.709. The molecule has 6 rings (SSSR count). The third-order valence-electron chi connectivity index (χ3n) is 5.10. The monoisotopic (exact) mass is 333 g/mol. The summed E-state index contributed by atoms with van der Waals surface area (Å²) in [5.74, 6) is 2.88. The van der Waals surface area contributed by atoms with Crippen LogP contribution in [0.5, 0.6) is 0 Å². The topological polar surface area (TPSA) is 70.9 Å². The molecule has 3 fully saturated rings. The number of hydrogen-bond acceptors (Lipinski definition) is 7. The van der Waals surface area contributed by atoms with Gasteiger partial charge in [-0.2, -0.15) is 0 Å². The number of anilines is 2. The van der Waals surface area contributed by atoms with Crippen molar-refractivity contribution in [3.05, 3.63) is 42.2 Å². The summed E-state index contributed by atoms with van der Waals surface area (Å²) in [4.78, 5) is 27.0. The summed E-state index contributed by atoms with van der Waals surface area (Å²) >= 11 is 0. The second kappa shape index (κ2) is 5.34. The largest absolute Gasteiger partial charge is 0.352 e. The van der Waals surface area contributed by atoms with Crippen LogP contribution in [0.15, 0.2) is 30.7 Å². The summed E-state index contributed by atoms with van der Waals surface area (Å²) in [6.07, 6.45) is 4.59. The molecule has 0 saturated carbocycles. The van der Waals surface area contributed by atoms with Crippen LogP contribution < -0.4 is 9.80 Å². The first-order valence-corrected chi connectivity index (χ1v) is 8.60. The van der Waals surface area contributed by atoms with E-state index in [1.165, 1.54) is 6.42 Å². The molecule has 126 valence electrons. The molecule has 0 spiro atoms. The SMILES string of the molecule is Cc1cc(N2CC3CC(C2)N3c2ncnc3ncccc23)nc(C)n1. The molecule has 3 aromatic rings. The Bertz CT molecular complexity index is 920. The molecule has 0 aromatic carbocycles. The maximum atomic E-state index is 4.62. The maximum absolute atomic E-state index is 4.62. The van der Waals surface area contributed by atoms with Crippen LogP contribution in [-0.4, -0.2) is 50.1 Å². The van der Waals surface area contributed by atoms with Gasteiger partial charge in [0.25, 0.3) is 0 Å². The molecule has 3 aromatic heterocycles. The lowest BCUT2D eigenvalue weighted by molar-refractivity contribution is 0.288. The average Bonchev–Trinajstić information content (AvgIpc) is 2.61. The first-order chi connectivity index (χ1) is 12.2. The van der Waals surface area contributed by atoms with Crippen molar-refractivity contribution in [3.63, 3.8) is 0 Å². The lowest BCUT2D eigenvalue weighted by Crippen LogP contribution is -2.69. The minimum Gasteiger partial charge on any atom is -0.352 e. The first kappa shape index (κ1) is 14.5. The second-order valence-corrected chi connectivity index (χ2v) is 6.84. The van der Waals surface area contributed by atoms with E-state index in [1.54, 1.807) is 12.5 Å². The molecule has 3 aliphatic heterocycles. The van der Waals surface area contributed by atoms with E-state index >= 15 is 0 Å². The molecule has 7 heteroatoms. The minimum absolute atomic E-state index is 0.452. The van der Waals surface area contributed by atoms with Crippen LogP contribution in [0.3, 0.4) is 0 Å². The van der Waals surface area contributed by atoms with Crippen LogP contribution >= 0.6 is 0 Å². The molecular formula is C18H19N7. The van der Waals surface area contributed by atoms with Crippen LogP contribution in [0.1, 0.15) is 17.9 Å². The Kier molecular flexibility index (Phi) is 3.10. The van der Waals surface area contributed by atoms with Crippen molar-refractivity contribution < 1.29 is 0 Å². The average molecular weight is 333 g/mol. The van der Waals surface area contributed by atoms with E-state index < -0.39 is 0 Å². The smallest absolute Gasteiger partial charge is 0.164 e. The van der Waals surface area contributed by atoms with Crippen molar-refractivity contribution >= 4 is 22.7 Å². The molecule has 2 atom stereocenters. The van der Waals surface area contributed by atoms with Crippen molar-refractivity contribution in [1.82, 2.24) is 24.9 Å². The van der Waals surface area contributed by atoms with Crippen LogP contribution in [0.2, 0.25) is 0 Å². The Balaban J connectivity index is 1.45. The highest BCUT2D eigenvalue weighted by Crippen LogP contribution is 2.39. The molecule has 0 radical (unpaired) electrons.